The zero-order chi connectivity index (χ0) is 17.0. The number of benzene rings is 1. The number of aliphatic imine (C=N–C) groups is 1. The van der Waals surface area contributed by atoms with E-state index in [4.69, 9.17) is 15.2 Å². The SMILES string of the molecule is CC(C)CC1(CN=C(N)Nc2ccc3c(c2)OCCCO3)CCC1. The first-order chi connectivity index (χ1) is 11.6. The summed E-state index contributed by atoms with van der Waals surface area (Å²) in [5.41, 5.74) is 7.34. The highest BCUT2D eigenvalue weighted by atomic mass is 16.5. The maximum Gasteiger partial charge on any atom is 0.193 e. The predicted molar refractivity (Wildman–Crippen MR) is 97.9 cm³/mol. The fourth-order valence-corrected chi connectivity index (χ4v) is 3.65. The van der Waals surface area contributed by atoms with Crippen LogP contribution in [-0.2, 0) is 0 Å². The Morgan fingerprint density at radius 1 is 1.21 bits per heavy atom. The molecule has 1 aliphatic heterocycles. The molecule has 1 aliphatic carbocycles. The van der Waals surface area contributed by atoms with Crippen molar-refractivity contribution in [2.45, 2.75) is 46.0 Å². The molecule has 3 rings (SSSR count). The van der Waals surface area contributed by atoms with Gasteiger partial charge in [0.05, 0.1) is 13.2 Å². The fraction of sp³-hybridized carbons (Fsp3) is 0.632. The molecule has 0 radical (unpaired) electrons. The second-order valence-corrected chi connectivity index (χ2v) is 7.49. The first kappa shape index (κ1) is 16.9. The van der Waals surface area contributed by atoms with Crippen LogP contribution in [0.1, 0.15) is 46.0 Å². The number of fused-ring (bicyclic) bond motifs is 1. The Hall–Kier alpha value is -1.91. The molecular weight excluding hydrogens is 302 g/mol. The van der Waals surface area contributed by atoms with E-state index in [0.717, 1.165) is 30.2 Å². The van der Waals surface area contributed by atoms with E-state index in [2.05, 4.69) is 24.2 Å². The van der Waals surface area contributed by atoms with Crippen molar-refractivity contribution in [1.29, 1.82) is 0 Å². The van der Waals surface area contributed by atoms with Crippen LogP contribution in [0.15, 0.2) is 23.2 Å². The quantitative estimate of drug-likeness (QED) is 0.636. The minimum absolute atomic E-state index is 0.366. The number of nitrogens with zero attached hydrogens (tertiary/aromatic N) is 1. The number of nitrogens with two attached hydrogens (primary N) is 1. The van der Waals surface area contributed by atoms with Crippen molar-refractivity contribution in [3.8, 4) is 11.5 Å². The first-order valence-corrected chi connectivity index (χ1v) is 9.03. The minimum Gasteiger partial charge on any atom is -0.490 e. The average Bonchev–Trinajstić information content (AvgIpc) is 2.74. The molecule has 5 heteroatoms. The van der Waals surface area contributed by atoms with E-state index in [1.807, 2.05) is 18.2 Å². The first-order valence-electron chi connectivity index (χ1n) is 9.03. The molecule has 0 bridgehead atoms. The largest absolute Gasteiger partial charge is 0.490 e. The molecule has 24 heavy (non-hydrogen) atoms. The Morgan fingerprint density at radius 3 is 2.62 bits per heavy atom. The van der Waals surface area contributed by atoms with Crippen LogP contribution in [0, 0.1) is 11.3 Å². The van der Waals surface area contributed by atoms with E-state index in [0.29, 0.717) is 30.5 Å². The van der Waals surface area contributed by atoms with Gasteiger partial charge in [-0.05, 0) is 42.7 Å². The standard InChI is InChI=1S/C19H29N3O2/c1-14(2)12-19(7-3-8-19)13-21-18(20)22-15-5-6-16-17(11-15)24-10-4-9-23-16/h5-6,11,14H,3-4,7-10,12-13H2,1-2H3,(H3,20,21,22). The highest BCUT2D eigenvalue weighted by Gasteiger charge is 2.37. The topological polar surface area (TPSA) is 68.9 Å². The van der Waals surface area contributed by atoms with Crippen molar-refractivity contribution in [3.05, 3.63) is 18.2 Å². The van der Waals surface area contributed by atoms with Gasteiger partial charge < -0.3 is 20.5 Å². The molecule has 1 fully saturated rings. The van der Waals surface area contributed by atoms with Gasteiger partial charge in [0.25, 0.3) is 0 Å². The van der Waals surface area contributed by atoms with Crippen molar-refractivity contribution in [3.63, 3.8) is 0 Å². The molecule has 1 saturated carbocycles. The zero-order valence-electron chi connectivity index (χ0n) is 14.8. The summed E-state index contributed by atoms with van der Waals surface area (Å²) in [4.78, 5) is 4.61. The smallest absolute Gasteiger partial charge is 0.193 e. The monoisotopic (exact) mass is 331 g/mol. The minimum atomic E-state index is 0.366. The third-order valence-electron chi connectivity index (χ3n) is 4.86. The van der Waals surface area contributed by atoms with Crippen LogP contribution in [0.25, 0.3) is 0 Å². The summed E-state index contributed by atoms with van der Waals surface area (Å²) in [6.45, 7) is 6.75. The third kappa shape index (κ3) is 4.13. The van der Waals surface area contributed by atoms with Crippen LogP contribution in [-0.4, -0.2) is 25.7 Å². The number of hydrogen-bond acceptors (Lipinski definition) is 3. The molecule has 0 atom stereocenters. The molecule has 0 spiro atoms. The molecule has 2 aliphatic rings. The van der Waals surface area contributed by atoms with Gasteiger partial charge in [0.2, 0.25) is 0 Å². The van der Waals surface area contributed by atoms with Gasteiger partial charge in [-0.25, -0.2) is 0 Å². The van der Waals surface area contributed by atoms with E-state index in [9.17, 15) is 0 Å². The number of ether oxygens (including phenoxy) is 2. The van der Waals surface area contributed by atoms with E-state index in [1.165, 1.54) is 25.7 Å². The molecule has 1 heterocycles. The Balaban J connectivity index is 1.62. The van der Waals surface area contributed by atoms with Gasteiger partial charge in [-0.3, -0.25) is 4.99 Å². The van der Waals surface area contributed by atoms with Crippen molar-refractivity contribution >= 4 is 11.6 Å². The highest BCUT2D eigenvalue weighted by molar-refractivity contribution is 5.92. The van der Waals surface area contributed by atoms with Crippen molar-refractivity contribution in [2.24, 2.45) is 22.1 Å². The number of nitrogens with one attached hydrogen (secondary N) is 1. The Labute approximate surface area is 144 Å². The lowest BCUT2D eigenvalue weighted by atomic mass is 9.64. The van der Waals surface area contributed by atoms with E-state index in [-0.39, 0.29) is 0 Å². The number of hydrogen-bond donors (Lipinski definition) is 2. The maximum absolute atomic E-state index is 6.10. The number of rotatable bonds is 5. The van der Waals surface area contributed by atoms with Crippen molar-refractivity contribution < 1.29 is 9.47 Å². The lowest BCUT2D eigenvalue weighted by Gasteiger charge is -2.42. The maximum atomic E-state index is 6.10. The summed E-state index contributed by atoms with van der Waals surface area (Å²) in [5.74, 6) is 2.73. The number of guanidine groups is 1. The van der Waals surface area contributed by atoms with Gasteiger partial charge in [0.15, 0.2) is 17.5 Å². The molecule has 3 N–H and O–H groups in total. The Bertz CT molecular complexity index is 594. The van der Waals surface area contributed by atoms with Gasteiger partial charge >= 0.3 is 0 Å². The highest BCUT2D eigenvalue weighted by Crippen LogP contribution is 2.46. The normalized spacial score (nSPS) is 19.5. The lowest BCUT2D eigenvalue weighted by molar-refractivity contribution is 0.112. The van der Waals surface area contributed by atoms with Gasteiger partial charge in [0.1, 0.15) is 0 Å². The summed E-state index contributed by atoms with van der Waals surface area (Å²) in [6, 6.07) is 5.79. The van der Waals surface area contributed by atoms with E-state index < -0.39 is 0 Å². The van der Waals surface area contributed by atoms with Crippen LogP contribution >= 0.6 is 0 Å². The van der Waals surface area contributed by atoms with Gasteiger partial charge in [-0.1, -0.05) is 20.3 Å². The zero-order valence-corrected chi connectivity index (χ0v) is 14.8. The van der Waals surface area contributed by atoms with Crippen LogP contribution in [0.4, 0.5) is 5.69 Å². The molecular formula is C19H29N3O2. The Morgan fingerprint density at radius 2 is 1.96 bits per heavy atom. The van der Waals surface area contributed by atoms with Crippen LogP contribution in [0.3, 0.4) is 0 Å². The Kier molecular flexibility index (Phi) is 5.17. The van der Waals surface area contributed by atoms with Gasteiger partial charge in [-0.15, -0.1) is 0 Å². The molecule has 132 valence electrons. The second-order valence-electron chi connectivity index (χ2n) is 7.49. The summed E-state index contributed by atoms with van der Waals surface area (Å²) in [7, 11) is 0. The molecule has 0 unspecified atom stereocenters. The molecule has 1 aromatic rings. The number of anilines is 1. The molecule has 0 aromatic heterocycles. The van der Waals surface area contributed by atoms with Crippen LogP contribution in [0.2, 0.25) is 0 Å². The fourth-order valence-electron chi connectivity index (χ4n) is 3.65. The van der Waals surface area contributed by atoms with Crippen LogP contribution in [0.5, 0.6) is 11.5 Å². The molecule has 0 saturated heterocycles. The summed E-state index contributed by atoms with van der Waals surface area (Å²) < 4.78 is 11.4. The summed E-state index contributed by atoms with van der Waals surface area (Å²) >= 11 is 0. The lowest BCUT2D eigenvalue weighted by Crippen LogP contribution is -2.35. The summed E-state index contributed by atoms with van der Waals surface area (Å²) in [5, 5.41) is 3.18. The molecule has 0 amide bonds. The summed E-state index contributed by atoms with van der Waals surface area (Å²) in [6.07, 6.45) is 5.99. The molecule has 1 aromatic carbocycles. The van der Waals surface area contributed by atoms with Crippen LogP contribution < -0.4 is 20.5 Å². The average molecular weight is 331 g/mol. The van der Waals surface area contributed by atoms with E-state index in [1.54, 1.807) is 0 Å². The van der Waals surface area contributed by atoms with Crippen molar-refractivity contribution in [2.75, 3.05) is 25.1 Å². The van der Waals surface area contributed by atoms with E-state index >= 15 is 0 Å². The second kappa shape index (κ2) is 7.32. The molecule has 5 nitrogen and oxygen atoms in total. The van der Waals surface area contributed by atoms with Crippen molar-refractivity contribution in [1.82, 2.24) is 0 Å². The third-order valence-corrected chi connectivity index (χ3v) is 4.86. The van der Waals surface area contributed by atoms with Gasteiger partial charge in [-0.2, -0.15) is 0 Å². The predicted octanol–water partition coefficient (Wildman–Crippen LogP) is 3.79. The van der Waals surface area contributed by atoms with Gasteiger partial charge in [0, 0.05) is 24.7 Å².